The molecule has 0 saturated carbocycles. The number of nitrogens with zero attached hydrogens (tertiary/aromatic N) is 2. The van der Waals surface area contributed by atoms with Gasteiger partial charge in [0.1, 0.15) is 5.76 Å². The van der Waals surface area contributed by atoms with E-state index in [1.807, 2.05) is 6.07 Å². The Morgan fingerprint density at radius 3 is 2.80 bits per heavy atom. The fourth-order valence-electron chi connectivity index (χ4n) is 2.53. The van der Waals surface area contributed by atoms with Gasteiger partial charge in [-0.05, 0) is 51.0 Å². The molecule has 0 atom stereocenters. The number of piperidine rings is 1. The Hall–Kier alpha value is -1.33. The number of carbonyl (C=O) groups excluding carboxylic acids is 1. The number of carbonyl (C=O) groups is 1. The summed E-state index contributed by atoms with van der Waals surface area (Å²) in [5, 5.41) is 1.16. The van der Waals surface area contributed by atoms with Gasteiger partial charge in [0.25, 0.3) is 0 Å². The second-order valence-corrected chi connectivity index (χ2v) is 5.26. The molecule has 1 aliphatic heterocycles. The molecule has 2 rings (SSSR count). The number of furan rings is 1. The van der Waals surface area contributed by atoms with Gasteiger partial charge in [0, 0.05) is 13.5 Å². The maximum atomic E-state index is 11.8. The summed E-state index contributed by atoms with van der Waals surface area (Å²) in [5.41, 5.74) is 0. The summed E-state index contributed by atoms with van der Waals surface area (Å²) >= 11 is 0. The van der Waals surface area contributed by atoms with Crippen LogP contribution >= 0.6 is 0 Å². The topological polar surface area (TPSA) is 45.9 Å². The van der Waals surface area contributed by atoms with E-state index in [2.05, 4.69) is 4.90 Å². The summed E-state index contributed by atoms with van der Waals surface area (Å²) in [5.74, 6) is 0.951. The first-order valence-electron chi connectivity index (χ1n) is 7.34. The van der Waals surface area contributed by atoms with Crippen LogP contribution in [0.5, 0.6) is 0 Å². The van der Waals surface area contributed by atoms with Crippen molar-refractivity contribution < 1.29 is 14.0 Å². The van der Waals surface area contributed by atoms with Crippen molar-refractivity contribution in [3.05, 3.63) is 23.7 Å². The lowest BCUT2D eigenvalue weighted by molar-refractivity contribution is -0.0774. The molecular weight excluding hydrogens is 256 g/mol. The molecule has 1 amide bonds. The average molecular weight is 280 g/mol. The van der Waals surface area contributed by atoms with E-state index in [9.17, 15) is 4.79 Å². The molecule has 0 unspecified atom stereocenters. The van der Waals surface area contributed by atoms with E-state index < -0.39 is 0 Å². The summed E-state index contributed by atoms with van der Waals surface area (Å²) in [6.45, 7) is 3.56. The lowest BCUT2D eigenvalue weighted by Gasteiger charge is -2.26. The normalized spacial score (nSPS) is 16.3. The summed E-state index contributed by atoms with van der Waals surface area (Å²) in [4.78, 5) is 19.2. The van der Waals surface area contributed by atoms with Crippen LogP contribution < -0.4 is 0 Å². The molecular formula is C15H24N2O3. The van der Waals surface area contributed by atoms with Crippen LogP contribution in [-0.2, 0) is 11.3 Å². The molecule has 0 radical (unpaired) electrons. The van der Waals surface area contributed by atoms with Gasteiger partial charge in [0.15, 0.2) is 5.76 Å². The van der Waals surface area contributed by atoms with E-state index in [-0.39, 0.29) is 5.91 Å². The first-order valence-corrected chi connectivity index (χ1v) is 7.34. The number of amides is 1. The summed E-state index contributed by atoms with van der Waals surface area (Å²) in [7, 11) is 3.03. The number of hydroxylamine groups is 2. The molecule has 20 heavy (non-hydrogen) atoms. The van der Waals surface area contributed by atoms with Crippen molar-refractivity contribution in [2.24, 2.45) is 0 Å². The largest absolute Gasteiger partial charge is 0.456 e. The standard InChI is InChI=1S/C15H24N2O3/c1-16(19-2)15(18)14-9-8-13(20-14)7-6-12-17-10-4-3-5-11-17/h8-9H,3-7,10-12H2,1-2H3. The molecule has 0 aromatic carbocycles. The molecule has 2 heterocycles. The van der Waals surface area contributed by atoms with Crippen molar-refractivity contribution in [1.29, 1.82) is 0 Å². The smallest absolute Gasteiger partial charge is 0.312 e. The van der Waals surface area contributed by atoms with E-state index in [4.69, 9.17) is 9.25 Å². The maximum absolute atomic E-state index is 11.8. The molecule has 1 aliphatic rings. The molecule has 1 aromatic rings. The van der Waals surface area contributed by atoms with Crippen LogP contribution in [-0.4, -0.2) is 49.7 Å². The number of rotatable bonds is 6. The van der Waals surface area contributed by atoms with Gasteiger partial charge in [0.05, 0.1) is 7.11 Å². The van der Waals surface area contributed by atoms with Crippen LogP contribution in [0.1, 0.15) is 42.0 Å². The van der Waals surface area contributed by atoms with Crippen molar-refractivity contribution in [3.63, 3.8) is 0 Å². The van der Waals surface area contributed by atoms with Crippen molar-refractivity contribution >= 4 is 5.91 Å². The average Bonchev–Trinajstić information content (AvgIpc) is 2.95. The molecule has 0 N–H and O–H groups in total. The van der Waals surface area contributed by atoms with Crippen LogP contribution in [0.25, 0.3) is 0 Å². The predicted octanol–water partition coefficient (Wildman–Crippen LogP) is 2.33. The van der Waals surface area contributed by atoms with Crippen LogP contribution in [0.3, 0.4) is 0 Å². The molecule has 0 aliphatic carbocycles. The van der Waals surface area contributed by atoms with Gasteiger partial charge in [-0.25, -0.2) is 5.06 Å². The molecule has 5 nitrogen and oxygen atoms in total. The Balaban J connectivity index is 1.76. The van der Waals surface area contributed by atoms with Gasteiger partial charge in [-0.3, -0.25) is 9.63 Å². The second-order valence-electron chi connectivity index (χ2n) is 5.26. The molecule has 5 heteroatoms. The van der Waals surface area contributed by atoms with Crippen LogP contribution in [0.4, 0.5) is 0 Å². The van der Waals surface area contributed by atoms with Crippen molar-refractivity contribution in [3.8, 4) is 0 Å². The summed E-state index contributed by atoms with van der Waals surface area (Å²) < 4.78 is 5.57. The van der Waals surface area contributed by atoms with Gasteiger partial charge in [-0.1, -0.05) is 6.42 Å². The SMILES string of the molecule is CON(C)C(=O)c1ccc(CCCN2CCCCC2)o1. The van der Waals surface area contributed by atoms with E-state index in [1.54, 1.807) is 13.1 Å². The van der Waals surface area contributed by atoms with Crippen LogP contribution in [0.15, 0.2) is 16.5 Å². The fraction of sp³-hybridized carbons (Fsp3) is 0.667. The lowest BCUT2D eigenvalue weighted by atomic mass is 10.1. The fourth-order valence-corrected chi connectivity index (χ4v) is 2.53. The van der Waals surface area contributed by atoms with Crippen LogP contribution in [0.2, 0.25) is 0 Å². The zero-order valence-electron chi connectivity index (χ0n) is 12.4. The van der Waals surface area contributed by atoms with Gasteiger partial charge < -0.3 is 9.32 Å². The molecule has 1 fully saturated rings. The number of likely N-dealkylation sites (tertiary alicyclic amines) is 1. The maximum Gasteiger partial charge on any atom is 0.312 e. The number of aryl methyl sites for hydroxylation is 1. The second kappa shape index (κ2) is 7.45. The van der Waals surface area contributed by atoms with Gasteiger partial charge in [-0.2, -0.15) is 0 Å². The Bertz CT molecular complexity index is 425. The van der Waals surface area contributed by atoms with Crippen LogP contribution in [0, 0.1) is 0 Å². The first kappa shape index (κ1) is 15.1. The third-order valence-corrected chi connectivity index (χ3v) is 3.78. The summed E-state index contributed by atoms with van der Waals surface area (Å²) in [6, 6.07) is 3.60. The molecule has 1 aromatic heterocycles. The third kappa shape index (κ3) is 4.08. The van der Waals surface area contributed by atoms with Gasteiger partial charge in [0.2, 0.25) is 0 Å². The van der Waals surface area contributed by atoms with E-state index in [0.717, 1.165) is 30.2 Å². The third-order valence-electron chi connectivity index (χ3n) is 3.78. The highest BCUT2D eigenvalue weighted by molar-refractivity contribution is 5.90. The zero-order valence-corrected chi connectivity index (χ0v) is 12.4. The highest BCUT2D eigenvalue weighted by Gasteiger charge is 2.16. The van der Waals surface area contributed by atoms with Crippen molar-refractivity contribution in [2.75, 3.05) is 33.8 Å². The minimum Gasteiger partial charge on any atom is -0.456 e. The number of hydrogen-bond donors (Lipinski definition) is 0. The number of hydrogen-bond acceptors (Lipinski definition) is 4. The first-order chi connectivity index (χ1) is 9.70. The Labute approximate surface area is 120 Å². The summed E-state index contributed by atoms with van der Waals surface area (Å²) in [6.07, 6.45) is 5.96. The Morgan fingerprint density at radius 1 is 1.35 bits per heavy atom. The van der Waals surface area contributed by atoms with E-state index in [0.29, 0.717) is 5.76 Å². The monoisotopic (exact) mass is 280 g/mol. The molecule has 1 saturated heterocycles. The van der Waals surface area contributed by atoms with Gasteiger partial charge >= 0.3 is 5.91 Å². The molecule has 0 spiro atoms. The Kier molecular flexibility index (Phi) is 5.61. The molecule has 112 valence electrons. The quantitative estimate of drug-likeness (QED) is 0.750. The highest BCUT2D eigenvalue weighted by Crippen LogP contribution is 2.14. The lowest BCUT2D eigenvalue weighted by Crippen LogP contribution is -2.30. The predicted molar refractivity (Wildman–Crippen MR) is 76.4 cm³/mol. The van der Waals surface area contributed by atoms with E-state index >= 15 is 0 Å². The zero-order chi connectivity index (χ0) is 14.4. The highest BCUT2D eigenvalue weighted by atomic mass is 16.7. The van der Waals surface area contributed by atoms with Gasteiger partial charge in [-0.15, -0.1) is 0 Å². The Morgan fingerprint density at radius 2 is 2.10 bits per heavy atom. The van der Waals surface area contributed by atoms with Crippen molar-refractivity contribution in [1.82, 2.24) is 9.96 Å². The van der Waals surface area contributed by atoms with E-state index in [1.165, 1.54) is 39.5 Å². The van der Waals surface area contributed by atoms with Crippen molar-refractivity contribution in [2.45, 2.75) is 32.1 Å². The minimum absolute atomic E-state index is 0.255. The minimum atomic E-state index is -0.255. The molecule has 0 bridgehead atoms.